The van der Waals surface area contributed by atoms with Crippen LogP contribution in [0.4, 0.5) is 5.95 Å². The van der Waals surface area contributed by atoms with E-state index < -0.39 is 0 Å². The van der Waals surface area contributed by atoms with E-state index >= 15 is 0 Å². The zero-order valence-corrected chi connectivity index (χ0v) is 15.5. The van der Waals surface area contributed by atoms with Gasteiger partial charge in [-0.2, -0.15) is 0 Å². The summed E-state index contributed by atoms with van der Waals surface area (Å²) in [4.78, 5) is 14.2. The second-order valence-corrected chi connectivity index (χ2v) is 7.84. The molecule has 2 aliphatic heterocycles. The van der Waals surface area contributed by atoms with Crippen molar-refractivity contribution in [2.75, 3.05) is 31.1 Å². The van der Waals surface area contributed by atoms with Gasteiger partial charge in [-0.1, -0.05) is 30.3 Å². The third kappa shape index (κ3) is 3.35. The number of likely N-dealkylation sites (tertiary alicyclic amines) is 1. The maximum absolute atomic E-state index is 4.63. The largest absolute Gasteiger partial charge is 0.340 e. The first-order valence-electron chi connectivity index (χ1n) is 8.20. The lowest BCUT2D eigenvalue weighted by Crippen LogP contribution is -2.29. The molecule has 2 fully saturated rings. The minimum Gasteiger partial charge on any atom is -0.340 e. The highest BCUT2D eigenvalue weighted by Crippen LogP contribution is 2.33. The number of fused-ring (bicyclic) bond motifs is 1. The van der Waals surface area contributed by atoms with Crippen LogP contribution in [0.2, 0.25) is 0 Å². The van der Waals surface area contributed by atoms with Crippen LogP contribution in [-0.4, -0.2) is 41.0 Å². The van der Waals surface area contributed by atoms with Crippen LogP contribution in [0.5, 0.6) is 0 Å². The van der Waals surface area contributed by atoms with Crippen LogP contribution >= 0.6 is 22.6 Å². The fourth-order valence-electron chi connectivity index (χ4n) is 3.88. The summed E-state index contributed by atoms with van der Waals surface area (Å²) < 4.78 is 1.04. The van der Waals surface area contributed by atoms with Gasteiger partial charge in [-0.3, -0.25) is 4.90 Å². The van der Waals surface area contributed by atoms with Crippen LogP contribution in [0.15, 0.2) is 36.4 Å². The number of aromatic nitrogens is 2. The van der Waals surface area contributed by atoms with Crippen LogP contribution < -0.4 is 4.90 Å². The number of benzene rings is 1. The second-order valence-electron chi connectivity index (χ2n) is 6.74. The monoisotopic (exact) mass is 420 g/mol. The van der Waals surface area contributed by atoms with E-state index in [2.05, 4.69) is 72.7 Å². The average molecular weight is 420 g/mol. The quantitative estimate of drug-likeness (QED) is 0.565. The molecule has 0 spiro atoms. The number of nitrogens with zero attached hydrogens (tertiary/aromatic N) is 4. The van der Waals surface area contributed by atoms with Gasteiger partial charge in [-0.05, 0) is 53.0 Å². The van der Waals surface area contributed by atoms with E-state index in [1.54, 1.807) is 0 Å². The van der Waals surface area contributed by atoms with Gasteiger partial charge in [0.15, 0.2) is 0 Å². The molecule has 2 atom stereocenters. The lowest BCUT2D eigenvalue weighted by molar-refractivity contribution is 0.308. The minimum atomic E-state index is 0.750. The van der Waals surface area contributed by atoms with E-state index in [0.29, 0.717) is 0 Å². The van der Waals surface area contributed by atoms with Crippen molar-refractivity contribution in [3.63, 3.8) is 0 Å². The number of hydrogen-bond donors (Lipinski definition) is 0. The Kier molecular flexibility index (Phi) is 4.24. The van der Waals surface area contributed by atoms with E-state index in [1.165, 1.54) is 18.7 Å². The van der Waals surface area contributed by atoms with Crippen molar-refractivity contribution < 1.29 is 0 Å². The highest BCUT2D eigenvalue weighted by molar-refractivity contribution is 14.1. The van der Waals surface area contributed by atoms with Crippen molar-refractivity contribution in [3.8, 4) is 0 Å². The molecule has 3 heterocycles. The third-order valence-electron chi connectivity index (χ3n) is 4.90. The van der Waals surface area contributed by atoms with Gasteiger partial charge in [0, 0.05) is 38.4 Å². The third-order valence-corrected chi connectivity index (χ3v) is 5.46. The van der Waals surface area contributed by atoms with Crippen molar-refractivity contribution in [2.24, 2.45) is 11.8 Å². The topological polar surface area (TPSA) is 32.3 Å². The highest BCUT2D eigenvalue weighted by atomic mass is 127. The van der Waals surface area contributed by atoms with Crippen LogP contribution in [0.25, 0.3) is 0 Å². The SMILES string of the molecule is Cc1cc(I)nc(N2C[C@H]3CN(Cc4ccccc4)C[C@H]3C2)n1. The molecule has 0 bridgehead atoms. The summed E-state index contributed by atoms with van der Waals surface area (Å²) in [7, 11) is 0. The lowest BCUT2D eigenvalue weighted by Gasteiger charge is -2.22. The molecular weight excluding hydrogens is 399 g/mol. The second kappa shape index (κ2) is 6.36. The predicted molar refractivity (Wildman–Crippen MR) is 100 cm³/mol. The summed E-state index contributed by atoms with van der Waals surface area (Å²) in [5, 5.41) is 0. The normalized spacial score (nSPS) is 24.2. The molecule has 5 heteroatoms. The van der Waals surface area contributed by atoms with E-state index in [-0.39, 0.29) is 0 Å². The number of hydrogen-bond acceptors (Lipinski definition) is 4. The number of anilines is 1. The predicted octanol–water partition coefficient (Wildman–Crippen LogP) is 2.96. The van der Waals surface area contributed by atoms with Crippen LogP contribution in [0.3, 0.4) is 0 Å². The molecule has 1 aromatic carbocycles. The van der Waals surface area contributed by atoms with E-state index in [0.717, 1.165) is 46.8 Å². The molecule has 4 rings (SSSR count). The summed E-state index contributed by atoms with van der Waals surface area (Å²) in [6, 6.07) is 12.8. The summed E-state index contributed by atoms with van der Waals surface area (Å²) in [6.07, 6.45) is 0. The molecule has 0 N–H and O–H groups in total. The Balaban J connectivity index is 1.40. The molecule has 120 valence electrons. The average Bonchev–Trinajstić information content (AvgIpc) is 3.05. The van der Waals surface area contributed by atoms with Crippen LogP contribution in [0.1, 0.15) is 11.3 Å². The molecule has 0 unspecified atom stereocenters. The van der Waals surface area contributed by atoms with Crippen molar-refractivity contribution >= 4 is 28.5 Å². The van der Waals surface area contributed by atoms with Gasteiger partial charge in [0.1, 0.15) is 3.70 Å². The lowest BCUT2D eigenvalue weighted by atomic mass is 10.0. The van der Waals surface area contributed by atoms with E-state index in [9.17, 15) is 0 Å². The molecule has 0 radical (unpaired) electrons. The van der Waals surface area contributed by atoms with Crippen LogP contribution in [0, 0.1) is 22.5 Å². The fourth-order valence-corrected chi connectivity index (χ4v) is 4.55. The molecule has 0 aliphatic carbocycles. The van der Waals surface area contributed by atoms with Crippen molar-refractivity contribution in [3.05, 3.63) is 51.4 Å². The van der Waals surface area contributed by atoms with Gasteiger partial charge in [0.25, 0.3) is 0 Å². The number of aryl methyl sites for hydroxylation is 1. The zero-order chi connectivity index (χ0) is 15.8. The molecule has 0 amide bonds. The van der Waals surface area contributed by atoms with Gasteiger partial charge in [-0.15, -0.1) is 0 Å². The Morgan fingerprint density at radius 2 is 1.74 bits per heavy atom. The molecular formula is C18H21IN4. The minimum absolute atomic E-state index is 0.750. The maximum Gasteiger partial charge on any atom is 0.226 e. The maximum atomic E-state index is 4.63. The summed E-state index contributed by atoms with van der Waals surface area (Å²) >= 11 is 2.28. The fraction of sp³-hybridized carbons (Fsp3) is 0.444. The zero-order valence-electron chi connectivity index (χ0n) is 13.3. The van der Waals surface area contributed by atoms with E-state index in [4.69, 9.17) is 0 Å². The van der Waals surface area contributed by atoms with Crippen molar-refractivity contribution in [1.29, 1.82) is 0 Å². The number of rotatable bonds is 3. The molecule has 2 aliphatic rings. The molecule has 2 aromatic rings. The first-order valence-corrected chi connectivity index (χ1v) is 9.27. The number of halogens is 1. The molecule has 2 saturated heterocycles. The van der Waals surface area contributed by atoms with Gasteiger partial charge in [0.2, 0.25) is 5.95 Å². The summed E-state index contributed by atoms with van der Waals surface area (Å²) in [5.41, 5.74) is 2.48. The van der Waals surface area contributed by atoms with Gasteiger partial charge < -0.3 is 4.90 Å². The first kappa shape index (κ1) is 15.3. The Hall–Kier alpha value is -1.21. The van der Waals surface area contributed by atoms with Crippen molar-refractivity contribution in [2.45, 2.75) is 13.5 Å². The molecule has 0 saturated carbocycles. The Labute approximate surface area is 151 Å². The first-order chi connectivity index (χ1) is 11.2. The smallest absolute Gasteiger partial charge is 0.226 e. The van der Waals surface area contributed by atoms with Gasteiger partial charge in [-0.25, -0.2) is 9.97 Å². The standard InChI is InChI=1S/C18H21IN4/c1-13-7-17(19)21-18(20-13)23-11-15-9-22(10-16(15)12-23)8-14-5-3-2-4-6-14/h2-7,15-16H,8-12H2,1H3/t15-,16+. The van der Waals surface area contributed by atoms with E-state index in [1.807, 2.05) is 13.0 Å². The Morgan fingerprint density at radius 1 is 1.04 bits per heavy atom. The van der Waals surface area contributed by atoms with Crippen molar-refractivity contribution in [1.82, 2.24) is 14.9 Å². The summed E-state index contributed by atoms with van der Waals surface area (Å²) in [5.74, 6) is 2.42. The van der Waals surface area contributed by atoms with Gasteiger partial charge in [0.05, 0.1) is 0 Å². The molecule has 23 heavy (non-hydrogen) atoms. The molecule has 1 aromatic heterocycles. The van der Waals surface area contributed by atoms with Gasteiger partial charge >= 0.3 is 0 Å². The summed E-state index contributed by atoms with van der Waals surface area (Å²) in [6.45, 7) is 7.70. The molecule has 4 nitrogen and oxygen atoms in total. The Morgan fingerprint density at radius 3 is 2.39 bits per heavy atom. The highest BCUT2D eigenvalue weighted by Gasteiger charge is 2.40. The van der Waals surface area contributed by atoms with Crippen LogP contribution in [-0.2, 0) is 6.54 Å². The Bertz CT molecular complexity index is 656.